The lowest BCUT2D eigenvalue weighted by molar-refractivity contribution is -0.153. The maximum absolute atomic E-state index is 11.7. The van der Waals surface area contributed by atoms with Crippen LogP contribution in [0.2, 0.25) is 5.02 Å². The Kier molecular flexibility index (Phi) is 4.58. The third-order valence-corrected chi connectivity index (χ3v) is 2.41. The van der Waals surface area contributed by atoms with E-state index in [4.69, 9.17) is 16.3 Å². The van der Waals surface area contributed by atoms with Gasteiger partial charge in [0.2, 0.25) is 0 Å². The Morgan fingerprint density at radius 1 is 1.24 bits per heavy atom. The Hall–Kier alpha value is -1.02. The van der Waals surface area contributed by atoms with Gasteiger partial charge in [-0.2, -0.15) is 0 Å². The Morgan fingerprint density at radius 2 is 1.82 bits per heavy atom. The molecular weight excluding hydrogens is 236 g/mol. The van der Waals surface area contributed by atoms with E-state index in [2.05, 4.69) is 6.92 Å². The predicted octanol–water partition coefficient (Wildman–Crippen LogP) is 3.79. The van der Waals surface area contributed by atoms with Crippen molar-refractivity contribution in [2.45, 2.75) is 46.1 Å². The first kappa shape index (κ1) is 14.0. The normalized spacial score (nSPS) is 11.4. The SMILES string of the molecule is CCc1cc(Cl)cc(CC(=O)OC(C)(C)C)c1. The summed E-state index contributed by atoms with van der Waals surface area (Å²) in [6.45, 7) is 7.64. The predicted molar refractivity (Wildman–Crippen MR) is 70.4 cm³/mol. The van der Waals surface area contributed by atoms with Gasteiger partial charge in [0, 0.05) is 5.02 Å². The summed E-state index contributed by atoms with van der Waals surface area (Å²) in [6.07, 6.45) is 1.17. The van der Waals surface area contributed by atoms with Crippen LogP contribution < -0.4 is 0 Å². The molecule has 0 spiro atoms. The molecule has 0 radical (unpaired) electrons. The van der Waals surface area contributed by atoms with Crippen molar-refractivity contribution in [2.75, 3.05) is 0 Å². The first-order valence-corrected chi connectivity index (χ1v) is 6.18. The van der Waals surface area contributed by atoms with Crippen LogP contribution in [0.1, 0.15) is 38.8 Å². The molecule has 2 nitrogen and oxygen atoms in total. The largest absolute Gasteiger partial charge is 0.460 e. The molecule has 0 bridgehead atoms. The third kappa shape index (κ3) is 5.22. The molecule has 0 fully saturated rings. The van der Waals surface area contributed by atoms with Gasteiger partial charge < -0.3 is 4.74 Å². The van der Waals surface area contributed by atoms with Gasteiger partial charge in [-0.3, -0.25) is 4.79 Å². The molecule has 0 aliphatic carbocycles. The number of carbonyl (C=O) groups excluding carboxylic acids is 1. The standard InChI is InChI=1S/C14H19ClO2/c1-5-10-6-11(8-12(15)7-10)9-13(16)17-14(2,3)4/h6-8H,5,9H2,1-4H3. The van der Waals surface area contributed by atoms with Crippen molar-refractivity contribution in [2.24, 2.45) is 0 Å². The second-order valence-corrected chi connectivity index (χ2v) is 5.52. The van der Waals surface area contributed by atoms with Crippen molar-refractivity contribution in [3.8, 4) is 0 Å². The Labute approximate surface area is 108 Å². The molecule has 0 saturated heterocycles. The lowest BCUT2D eigenvalue weighted by Crippen LogP contribution is -2.24. The monoisotopic (exact) mass is 254 g/mol. The van der Waals surface area contributed by atoms with Crippen LogP contribution in [0.3, 0.4) is 0 Å². The zero-order valence-electron chi connectivity index (χ0n) is 10.8. The third-order valence-electron chi connectivity index (χ3n) is 2.19. The number of aryl methyl sites for hydroxylation is 1. The van der Waals surface area contributed by atoms with E-state index in [1.54, 1.807) is 0 Å². The quantitative estimate of drug-likeness (QED) is 0.768. The lowest BCUT2D eigenvalue weighted by atomic mass is 10.1. The van der Waals surface area contributed by atoms with E-state index in [0.29, 0.717) is 5.02 Å². The molecule has 0 aliphatic rings. The van der Waals surface area contributed by atoms with E-state index < -0.39 is 5.60 Å². The Morgan fingerprint density at radius 3 is 2.35 bits per heavy atom. The Bertz CT molecular complexity index is 405. The number of esters is 1. The minimum absolute atomic E-state index is 0.221. The van der Waals surface area contributed by atoms with Gasteiger partial charge >= 0.3 is 5.97 Å². The highest BCUT2D eigenvalue weighted by atomic mass is 35.5. The number of benzene rings is 1. The minimum atomic E-state index is -0.441. The van der Waals surface area contributed by atoms with Gasteiger partial charge in [-0.1, -0.05) is 24.6 Å². The molecule has 1 rings (SSSR count). The van der Waals surface area contributed by atoms with Crippen molar-refractivity contribution in [1.82, 2.24) is 0 Å². The van der Waals surface area contributed by atoms with Gasteiger partial charge in [-0.25, -0.2) is 0 Å². The number of hydrogen-bond donors (Lipinski definition) is 0. The topological polar surface area (TPSA) is 26.3 Å². The van der Waals surface area contributed by atoms with Gasteiger partial charge in [0.05, 0.1) is 6.42 Å². The summed E-state index contributed by atoms with van der Waals surface area (Å²) < 4.78 is 5.27. The zero-order valence-corrected chi connectivity index (χ0v) is 11.6. The van der Waals surface area contributed by atoms with Crippen molar-refractivity contribution in [3.05, 3.63) is 34.3 Å². The van der Waals surface area contributed by atoms with Crippen LogP contribution >= 0.6 is 11.6 Å². The molecule has 0 unspecified atom stereocenters. The highest BCUT2D eigenvalue weighted by Gasteiger charge is 2.16. The Balaban J connectivity index is 2.74. The molecule has 1 aromatic rings. The maximum Gasteiger partial charge on any atom is 0.310 e. The average molecular weight is 255 g/mol. The molecular formula is C14H19ClO2. The molecule has 0 aromatic heterocycles. The number of carbonyl (C=O) groups is 1. The summed E-state index contributed by atoms with van der Waals surface area (Å²) in [5.74, 6) is -0.221. The fourth-order valence-electron chi connectivity index (χ4n) is 1.57. The van der Waals surface area contributed by atoms with Crippen LogP contribution in [-0.4, -0.2) is 11.6 Å². The highest BCUT2D eigenvalue weighted by Crippen LogP contribution is 2.17. The first-order valence-electron chi connectivity index (χ1n) is 5.80. The van der Waals surface area contributed by atoms with Crippen LogP contribution in [0, 0.1) is 0 Å². The fraction of sp³-hybridized carbons (Fsp3) is 0.500. The fourth-order valence-corrected chi connectivity index (χ4v) is 1.85. The van der Waals surface area contributed by atoms with E-state index in [9.17, 15) is 4.79 Å². The summed E-state index contributed by atoms with van der Waals surface area (Å²) in [4.78, 5) is 11.7. The van der Waals surface area contributed by atoms with E-state index >= 15 is 0 Å². The van der Waals surface area contributed by atoms with Crippen molar-refractivity contribution in [1.29, 1.82) is 0 Å². The summed E-state index contributed by atoms with van der Waals surface area (Å²) >= 11 is 5.99. The molecule has 3 heteroatoms. The van der Waals surface area contributed by atoms with Crippen LogP contribution in [0.25, 0.3) is 0 Å². The summed E-state index contributed by atoms with van der Waals surface area (Å²) in [6, 6.07) is 5.72. The van der Waals surface area contributed by atoms with E-state index in [1.165, 1.54) is 0 Å². The number of ether oxygens (including phenoxy) is 1. The van der Waals surface area contributed by atoms with Crippen LogP contribution in [0.15, 0.2) is 18.2 Å². The molecule has 0 heterocycles. The van der Waals surface area contributed by atoms with Gasteiger partial charge in [-0.05, 0) is 50.5 Å². The van der Waals surface area contributed by atoms with Crippen molar-refractivity contribution < 1.29 is 9.53 Å². The number of halogens is 1. The van der Waals surface area contributed by atoms with E-state index in [-0.39, 0.29) is 12.4 Å². The van der Waals surface area contributed by atoms with E-state index in [0.717, 1.165) is 17.5 Å². The molecule has 0 amide bonds. The summed E-state index contributed by atoms with van der Waals surface area (Å²) in [7, 11) is 0. The lowest BCUT2D eigenvalue weighted by Gasteiger charge is -2.19. The first-order chi connectivity index (χ1) is 7.80. The van der Waals surface area contributed by atoms with E-state index in [1.807, 2.05) is 39.0 Å². The smallest absolute Gasteiger partial charge is 0.310 e. The summed E-state index contributed by atoms with van der Waals surface area (Å²) in [5, 5.41) is 0.669. The molecule has 1 aromatic carbocycles. The maximum atomic E-state index is 11.7. The molecule has 0 atom stereocenters. The summed E-state index contributed by atoms with van der Waals surface area (Å²) in [5.41, 5.74) is 1.60. The highest BCUT2D eigenvalue weighted by molar-refractivity contribution is 6.30. The van der Waals surface area contributed by atoms with Gasteiger partial charge in [0.1, 0.15) is 5.60 Å². The average Bonchev–Trinajstić information content (AvgIpc) is 2.13. The van der Waals surface area contributed by atoms with Crippen molar-refractivity contribution in [3.63, 3.8) is 0 Å². The minimum Gasteiger partial charge on any atom is -0.460 e. The molecule has 0 aliphatic heterocycles. The molecule has 0 N–H and O–H groups in total. The second kappa shape index (κ2) is 5.54. The second-order valence-electron chi connectivity index (χ2n) is 5.08. The zero-order chi connectivity index (χ0) is 13.1. The number of rotatable bonds is 3. The van der Waals surface area contributed by atoms with Crippen LogP contribution in [0.4, 0.5) is 0 Å². The van der Waals surface area contributed by atoms with Gasteiger partial charge in [-0.15, -0.1) is 0 Å². The molecule has 17 heavy (non-hydrogen) atoms. The van der Waals surface area contributed by atoms with Gasteiger partial charge in [0.25, 0.3) is 0 Å². The molecule has 94 valence electrons. The van der Waals surface area contributed by atoms with Crippen molar-refractivity contribution >= 4 is 17.6 Å². The van der Waals surface area contributed by atoms with Gasteiger partial charge in [0.15, 0.2) is 0 Å². The number of hydrogen-bond acceptors (Lipinski definition) is 2. The van der Waals surface area contributed by atoms with Crippen LogP contribution in [-0.2, 0) is 22.4 Å². The molecule has 0 saturated carbocycles. The van der Waals surface area contributed by atoms with Crippen LogP contribution in [0.5, 0.6) is 0 Å².